The third-order valence-electron chi connectivity index (χ3n) is 8.24. The van der Waals surface area contributed by atoms with E-state index in [9.17, 15) is 23.4 Å². The van der Waals surface area contributed by atoms with E-state index < -0.39 is 40.9 Å². The van der Waals surface area contributed by atoms with Gasteiger partial charge in [0, 0.05) is 12.5 Å². The molecule has 10 heteroatoms. The number of ether oxygens (including phenoxy) is 1. The summed E-state index contributed by atoms with van der Waals surface area (Å²) in [5, 5.41) is 2.88. The summed E-state index contributed by atoms with van der Waals surface area (Å²) in [7, 11) is -0.301. The standard InChI is InChI=1S/C33H35N3O6S.CH4/c1-4-23-17-14-21(2)29(36(23)43(41)25-10-6-5-7-11-25)30(37)34-28(33(40)42-3)20-22-15-18-24(19-16-22)35-31(38)26-12-8-9-13-27(26)32(35)39;/h5-13,15-16,18-19,21,23,28-29H,4,14,17,20H2,1-3H3,(H,34,37);1H4/t21?,23?,28-,29-,43?;/m0./s1. The molecule has 1 fully saturated rings. The van der Waals surface area contributed by atoms with Crippen molar-refractivity contribution in [1.29, 1.82) is 0 Å². The van der Waals surface area contributed by atoms with Gasteiger partial charge in [0.25, 0.3) is 11.8 Å². The van der Waals surface area contributed by atoms with Crippen LogP contribution in [-0.2, 0) is 31.7 Å². The predicted octanol–water partition coefficient (Wildman–Crippen LogP) is 4.93. The lowest BCUT2D eigenvalue weighted by molar-refractivity contribution is -0.146. The van der Waals surface area contributed by atoms with Crippen molar-refractivity contribution < 1.29 is 28.1 Å². The number of carbonyl (C=O) groups is 4. The third kappa shape index (κ3) is 6.37. The fourth-order valence-electron chi connectivity index (χ4n) is 5.91. The maximum absolute atomic E-state index is 13.9. The lowest BCUT2D eigenvalue weighted by atomic mass is 9.87. The van der Waals surface area contributed by atoms with Crippen molar-refractivity contribution in [1.82, 2.24) is 9.62 Å². The molecule has 0 spiro atoms. The molecular formula is C34H39N3O6S. The van der Waals surface area contributed by atoms with Crippen molar-refractivity contribution in [3.8, 4) is 0 Å². The molecule has 3 amide bonds. The van der Waals surface area contributed by atoms with Gasteiger partial charge >= 0.3 is 5.97 Å². The Morgan fingerprint density at radius 1 is 0.932 bits per heavy atom. The van der Waals surface area contributed by atoms with E-state index in [-0.39, 0.29) is 31.7 Å². The molecule has 3 aromatic carbocycles. The molecule has 232 valence electrons. The van der Waals surface area contributed by atoms with Crippen LogP contribution in [0.2, 0.25) is 0 Å². The molecule has 0 aromatic heterocycles. The average molecular weight is 618 g/mol. The van der Waals surface area contributed by atoms with Crippen LogP contribution in [0.15, 0.2) is 83.8 Å². The van der Waals surface area contributed by atoms with E-state index in [0.29, 0.717) is 27.3 Å². The normalized spacial score (nSPS) is 21.2. The van der Waals surface area contributed by atoms with Crippen LogP contribution in [0.5, 0.6) is 0 Å². The van der Waals surface area contributed by atoms with E-state index in [2.05, 4.69) is 5.32 Å². The highest BCUT2D eigenvalue weighted by Crippen LogP contribution is 2.33. The Balaban J connectivity index is 0.00000442. The van der Waals surface area contributed by atoms with Gasteiger partial charge in [-0.2, -0.15) is 0 Å². The number of methoxy groups -OCH3 is 1. The second kappa shape index (κ2) is 14.1. The third-order valence-corrected chi connectivity index (χ3v) is 9.82. The number of amides is 3. The van der Waals surface area contributed by atoms with Gasteiger partial charge in [-0.15, -0.1) is 0 Å². The molecule has 3 aromatic rings. The first-order chi connectivity index (χ1) is 20.7. The average Bonchev–Trinajstić information content (AvgIpc) is 3.29. The van der Waals surface area contributed by atoms with Gasteiger partial charge in [-0.05, 0) is 67.1 Å². The van der Waals surface area contributed by atoms with Crippen molar-refractivity contribution in [3.05, 3.63) is 95.6 Å². The molecule has 44 heavy (non-hydrogen) atoms. The van der Waals surface area contributed by atoms with Crippen molar-refractivity contribution in [3.63, 3.8) is 0 Å². The van der Waals surface area contributed by atoms with Gasteiger partial charge in [0.2, 0.25) is 5.91 Å². The smallest absolute Gasteiger partial charge is 0.328 e. The van der Waals surface area contributed by atoms with Crippen molar-refractivity contribution in [2.24, 2.45) is 5.92 Å². The summed E-state index contributed by atoms with van der Waals surface area (Å²) < 4.78 is 20.6. The Morgan fingerprint density at radius 2 is 1.52 bits per heavy atom. The summed E-state index contributed by atoms with van der Waals surface area (Å²) in [6, 6.07) is 20.7. The van der Waals surface area contributed by atoms with Gasteiger partial charge in [0.05, 0.1) is 28.8 Å². The number of anilines is 1. The fraction of sp³-hybridized carbons (Fsp3) is 0.353. The zero-order valence-electron chi connectivity index (χ0n) is 24.4. The number of benzene rings is 3. The van der Waals surface area contributed by atoms with E-state index in [4.69, 9.17) is 4.74 Å². The highest BCUT2D eigenvalue weighted by atomic mass is 32.2. The molecule has 9 nitrogen and oxygen atoms in total. The zero-order chi connectivity index (χ0) is 30.7. The number of fused-ring (bicyclic) bond motifs is 1. The highest BCUT2D eigenvalue weighted by molar-refractivity contribution is 7.82. The molecule has 5 atom stereocenters. The maximum atomic E-state index is 13.9. The molecule has 3 unspecified atom stereocenters. The summed E-state index contributed by atoms with van der Waals surface area (Å²) in [4.78, 5) is 54.2. The van der Waals surface area contributed by atoms with E-state index in [1.54, 1.807) is 65.0 Å². The second-order valence-corrected chi connectivity index (χ2v) is 12.3. The van der Waals surface area contributed by atoms with Crippen LogP contribution in [0.4, 0.5) is 5.69 Å². The molecule has 2 aliphatic rings. The molecule has 0 radical (unpaired) electrons. The van der Waals surface area contributed by atoms with E-state index >= 15 is 0 Å². The molecule has 5 rings (SSSR count). The Hall–Kier alpha value is -4.15. The summed E-state index contributed by atoms with van der Waals surface area (Å²) >= 11 is 0. The Bertz CT molecular complexity index is 1510. The van der Waals surface area contributed by atoms with Crippen LogP contribution >= 0.6 is 0 Å². The van der Waals surface area contributed by atoms with Crippen LogP contribution in [0.25, 0.3) is 0 Å². The number of nitrogens with zero attached hydrogens (tertiary/aromatic N) is 2. The number of esters is 1. The zero-order valence-corrected chi connectivity index (χ0v) is 25.2. The van der Waals surface area contributed by atoms with Crippen LogP contribution in [0.1, 0.15) is 66.8 Å². The highest BCUT2D eigenvalue weighted by Gasteiger charge is 2.43. The Labute approximate surface area is 261 Å². The molecule has 2 aliphatic heterocycles. The first-order valence-electron chi connectivity index (χ1n) is 14.4. The largest absolute Gasteiger partial charge is 0.467 e. The fourth-order valence-corrected chi connectivity index (χ4v) is 7.58. The summed E-state index contributed by atoms with van der Waals surface area (Å²) in [5.41, 5.74) is 1.82. The minimum absolute atomic E-state index is 0. The summed E-state index contributed by atoms with van der Waals surface area (Å²) in [6.45, 7) is 3.99. The number of hydrogen-bond acceptors (Lipinski definition) is 6. The van der Waals surface area contributed by atoms with E-state index in [1.165, 1.54) is 7.11 Å². The Kier molecular flexibility index (Phi) is 10.5. The molecule has 0 aliphatic carbocycles. The first-order valence-corrected chi connectivity index (χ1v) is 15.6. The SMILES string of the molecule is C.CCC1CCC(C)[C@@H](C(=O)N[C@@H](Cc2ccc(N3C(=O)c4ccccc4C3=O)cc2)C(=O)OC)N1S(=O)c1ccccc1. The predicted molar refractivity (Wildman–Crippen MR) is 169 cm³/mol. The minimum atomic E-state index is -1.56. The molecule has 2 heterocycles. The van der Waals surface area contributed by atoms with Gasteiger partial charge in [-0.1, -0.05) is 63.7 Å². The first kappa shape index (κ1) is 32.8. The van der Waals surface area contributed by atoms with Gasteiger partial charge < -0.3 is 10.1 Å². The number of hydrogen-bond donors (Lipinski definition) is 1. The number of imide groups is 1. The lowest BCUT2D eigenvalue weighted by Crippen LogP contribution is -2.59. The van der Waals surface area contributed by atoms with Gasteiger partial charge in [-0.3, -0.25) is 14.4 Å². The van der Waals surface area contributed by atoms with E-state index in [1.807, 2.05) is 32.0 Å². The number of nitrogens with one attached hydrogen (secondary N) is 1. The van der Waals surface area contributed by atoms with Gasteiger partial charge in [-0.25, -0.2) is 18.2 Å². The van der Waals surface area contributed by atoms with Gasteiger partial charge in [0.15, 0.2) is 0 Å². The lowest BCUT2D eigenvalue weighted by Gasteiger charge is -2.43. The topological polar surface area (TPSA) is 113 Å². The van der Waals surface area contributed by atoms with Crippen molar-refractivity contribution in [2.45, 2.75) is 70.0 Å². The maximum Gasteiger partial charge on any atom is 0.328 e. The van der Waals surface area contributed by atoms with Crippen molar-refractivity contribution in [2.75, 3.05) is 12.0 Å². The molecule has 0 bridgehead atoms. The minimum Gasteiger partial charge on any atom is -0.467 e. The second-order valence-electron chi connectivity index (χ2n) is 10.9. The Morgan fingerprint density at radius 3 is 2.09 bits per heavy atom. The molecule has 1 N–H and O–H groups in total. The quantitative estimate of drug-likeness (QED) is 0.269. The summed E-state index contributed by atoms with van der Waals surface area (Å²) in [5.74, 6) is -1.86. The summed E-state index contributed by atoms with van der Waals surface area (Å²) in [6.07, 6.45) is 2.47. The van der Waals surface area contributed by atoms with Crippen molar-refractivity contribution >= 4 is 40.4 Å². The number of carbonyl (C=O) groups excluding carboxylic acids is 4. The molecule has 1 saturated heterocycles. The van der Waals surface area contributed by atoms with Crippen LogP contribution in [0, 0.1) is 5.92 Å². The molecule has 0 saturated carbocycles. The molecular weight excluding hydrogens is 578 g/mol. The van der Waals surface area contributed by atoms with Crippen LogP contribution in [0.3, 0.4) is 0 Å². The van der Waals surface area contributed by atoms with Gasteiger partial charge in [0.1, 0.15) is 23.1 Å². The van der Waals surface area contributed by atoms with Crippen LogP contribution < -0.4 is 10.2 Å². The van der Waals surface area contributed by atoms with Crippen LogP contribution in [-0.4, -0.2) is 57.4 Å². The van der Waals surface area contributed by atoms with E-state index in [0.717, 1.165) is 24.2 Å². The number of rotatable bonds is 9. The monoisotopic (exact) mass is 617 g/mol. The number of piperidine rings is 1.